The van der Waals surface area contributed by atoms with Gasteiger partial charge in [0, 0.05) is 32.7 Å². The van der Waals surface area contributed by atoms with E-state index in [1.807, 2.05) is 71.5 Å². The van der Waals surface area contributed by atoms with E-state index in [1.54, 1.807) is 30.5 Å². The molecule has 6 nitrogen and oxygen atoms in total. The molecule has 8 heteroatoms. The Labute approximate surface area is 217 Å². The molecule has 2 heterocycles. The Morgan fingerprint density at radius 3 is 2.22 bits per heavy atom. The molecule has 5 rings (SSSR count). The van der Waals surface area contributed by atoms with Crippen LogP contribution in [0.15, 0.2) is 82.7 Å². The molecule has 0 saturated carbocycles. The van der Waals surface area contributed by atoms with E-state index in [2.05, 4.69) is 10.5 Å². The number of nitrogens with zero attached hydrogens (tertiary/aromatic N) is 3. The number of benzene rings is 3. The minimum Gasteiger partial charge on any atom is -0.331 e. The number of carbonyl (C=O) groups is 1. The molecule has 0 aliphatic carbocycles. The summed E-state index contributed by atoms with van der Waals surface area (Å²) in [4.78, 5) is 25.8. The van der Waals surface area contributed by atoms with Crippen molar-refractivity contribution in [2.45, 2.75) is 20.4 Å². The first-order chi connectivity index (χ1) is 17.3. The number of aromatic nitrogens is 2. The first kappa shape index (κ1) is 23.9. The van der Waals surface area contributed by atoms with Crippen LogP contribution in [0.4, 0.5) is 0 Å². The van der Waals surface area contributed by atoms with E-state index in [1.165, 1.54) is 0 Å². The van der Waals surface area contributed by atoms with E-state index >= 15 is 0 Å². The Morgan fingerprint density at radius 1 is 0.944 bits per heavy atom. The molecule has 0 bridgehead atoms. The molecule has 5 aromatic rings. The van der Waals surface area contributed by atoms with Crippen LogP contribution in [0.3, 0.4) is 0 Å². The predicted octanol–water partition coefficient (Wildman–Crippen LogP) is 6.02. The second kappa shape index (κ2) is 9.64. The molecule has 2 aromatic heterocycles. The Bertz CT molecular complexity index is 1670. The average molecular weight is 517 g/mol. The highest BCUT2D eigenvalue weighted by molar-refractivity contribution is 6.35. The smallest absolute Gasteiger partial charge is 0.260 e. The molecule has 1 N–H and O–H groups in total. The fourth-order valence-corrected chi connectivity index (χ4v) is 5.04. The van der Waals surface area contributed by atoms with Crippen molar-refractivity contribution in [1.82, 2.24) is 14.6 Å². The number of rotatable bonds is 5. The highest BCUT2D eigenvalue weighted by atomic mass is 35.5. The lowest BCUT2D eigenvalue weighted by Crippen LogP contribution is -2.25. The standard InChI is InChI=1S/C28H22Cl2N4O2/c1-17-13-19(18(2)34(17)26-12-11-20(29)14-23(26)30)15-31-32-27(35)16-33-24-9-5-3-7-21(24)28(36)22-8-4-6-10-25(22)33/h3-15H,16H2,1-2H3,(H,32,35). The third-order valence-corrected chi connectivity index (χ3v) is 6.73. The van der Waals surface area contributed by atoms with Crippen molar-refractivity contribution in [3.63, 3.8) is 0 Å². The van der Waals surface area contributed by atoms with Crippen LogP contribution in [0.25, 0.3) is 27.5 Å². The van der Waals surface area contributed by atoms with Crippen molar-refractivity contribution in [3.8, 4) is 5.69 Å². The topological polar surface area (TPSA) is 68.4 Å². The lowest BCUT2D eigenvalue weighted by atomic mass is 10.1. The number of para-hydroxylation sites is 2. The van der Waals surface area contributed by atoms with E-state index in [4.69, 9.17) is 23.2 Å². The number of hydrazone groups is 1. The molecule has 0 fully saturated rings. The molecule has 0 atom stereocenters. The van der Waals surface area contributed by atoms with Crippen molar-refractivity contribution in [3.05, 3.63) is 110 Å². The number of hydrogen-bond donors (Lipinski definition) is 1. The lowest BCUT2D eigenvalue weighted by Gasteiger charge is -2.14. The van der Waals surface area contributed by atoms with Gasteiger partial charge in [-0.2, -0.15) is 5.10 Å². The molecular formula is C28H22Cl2N4O2. The van der Waals surface area contributed by atoms with Crippen molar-refractivity contribution < 1.29 is 4.79 Å². The van der Waals surface area contributed by atoms with Crippen LogP contribution < -0.4 is 10.9 Å². The molecular weight excluding hydrogens is 495 g/mol. The summed E-state index contributed by atoms with van der Waals surface area (Å²) in [6.07, 6.45) is 1.61. The maximum absolute atomic E-state index is 12.9. The maximum Gasteiger partial charge on any atom is 0.260 e. The maximum atomic E-state index is 12.9. The van der Waals surface area contributed by atoms with E-state index in [-0.39, 0.29) is 17.9 Å². The second-order valence-corrected chi connectivity index (χ2v) is 9.34. The number of carbonyl (C=O) groups excluding carboxylic acids is 1. The fourth-order valence-electron chi connectivity index (χ4n) is 4.55. The minimum atomic E-state index is -0.306. The van der Waals surface area contributed by atoms with E-state index in [0.717, 1.165) is 22.6 Å². The van der Waals surface area contributed by atoms with Gasteiger partial charge in [0.1, 0.15) is 6.54 Å². The quantitative estimate of drug-likeness (QED) is 0.176. The van der Waals surface area contributed by atoms with Gasteiger partial charge in [-0.15, -0.1) is 0 Å². The van der Waals surface area contributed by atoms with Gasteiger partial charge in [-0.3, -0.25) is 9.59 Å². The summed E-state index contributed by atoms with van der Waals surface area (Å²) in [6.45, 7) is 3.94. The van der Waals surface area contributed by atoms with Crippen molar-refractivity contribution in [2.75, 3.05) is 0 Å². The zero-order valence-corrected chi connectivity index (χ0v) is 21.1. The van der Waals surface area contributed by atoms with Crippen LogP contribution in [0.2, 0.25) is 10.0 Å². The summed E-state index contributed by atoms with van der Waals surface area (Å²) in [6, 6.07) is 21.9. The van der Waals surface area contributed by atoms with Gasteiger partial charge in [-0.1, -0.05) is 47.5 Å². The molecule has 36 heavy (non-hydrogen) atoms. The number of amides is 1. The highest BCUT2D eigenvalue weighted by Gasteiger charge is 2.14. The average Bonchev–Trinajstić information content (AvgIpc) is 3.14. The van der Waals surface area contributed by atoms with Gasteiger partial charge in [0.05, 0.1) is 28.0 Å². The van der Waals surface area contributed by atoms with Crippen LogP contribution in [0.5, 0.6) is 0 Å². The lowest BCUT2D eigenvalue weighted by molar-refractivity contribution is -0.121. The number of aryl methyl sites for hydroxylation is 1. The Kier molecular flexibility index (Phi) is 6.39. The molecule has 0 spiro atoms. The van der Waals surface area contributed by atoms with Crippen LogP contribution >= 0.6 is 23.2 Å². The Hall–Kier alpha value is -3.87. The summed E-state index contributed by atoms with van der Waals surface area (Å²) in [5, 5.41) is 6.45. The van der Waals surface area contributed by atoms with Crippen LogP contribution in [0.1, 0.15) is 17.0 Å². The zero-order chi connectivity index (χ0) is 25.4. The van der Waals surface area contributed by atoms with E-state index in [0.29, 0.717) is 31.9 Å². The fraction of sp³-hybridized carbons (Fsp3) is 0.107. The molecule has 0 saturated heterocycles. The third kappa shape index (κ3) is 4.30. The monoisotopic (exact) mass is 516 g/mol. The highest BCUT2D eigenvalue weighted by Crippen LogP contribution is 2.28. The van der Waals surface area contributed by atoms with Gasteiger partial charge in [0.15, 0.2) is 5.43 Å². The first-order valence-corrected chi connectivity index (χ1v) is 12.1. The largest absolute Gasteiger partial charge is 0.331 e. The molecule has 3 aromatic carbocycles. The number of pyridine rings is 1. The zero-order valence-electron chi connectivity index (χ0n) is 19.6. The first-order valence-electron chi connectivity index (χ1n) is 11.3. The number of hydrogen-bond acceptors (Lipinski definition) is 3. The molecule has 0 aliphatic heterocycles. The summed E-state index contributed by atoms with van der Waals surface area (Å²) in [5.74, 6) is -0.306. The van der Waals surface area contributed by atoms with Crippen molar-refractivity contribution >= 4 is 57.1 Å². The molecule has 0 radical (unpaired) electrons. The summed E-state index contributed by atoms with van der Waals surface area (Å²) in [5.41, 5.74) is 7.52. The van der Waals surface area contributed by atoms with Gasteiger partial charge in [-0.25, -0.2) is 5.43 Å². The van der Waals surface area contributed by atoms with Gasteiger partial charge in [0.2, 0.25) is 0 Å². The normalized spacial score (nSPS) is 11.6. The van der Waals surface area contributed by atoms with Crippen LogP contribution in [-0.2, 0) is 11.3 Å². The van der Waals surface area contributed by atoms with Gasteiger partial charge in [-0.05, 0) is 62.4 Å². The SMILES string of the molecule is Cc1cc(C=NNC(=O)Cn2c3ccccc3c(=O)c3ccccc32)c(C)n1-c1ccc(Cl)cc1Cl. The van der Waals surface area contributed by atoms with Gasteiger partial charge >= 0.3 is 0 Å². The van der Waals surface area contributed by atoms with E-state index in [9.17, 15) is 9.59 Å². The molecule has 0 unspecified atom stereocenters. The molecule has 0 aliphatic rings. The van der Waals surface area contributed by atoms with E-state index < -0.39 is 0 Å². The van der Waals surface area contributed by atoms with Gasteiger partial charge < -0.3 is 9.13 Å². The Morgan fingerprint density at radius 2 is 1.58 bits per heavy atom. The van der Waals surface area contributed by atoms with Crippen molar-refractivity contribution in [2.24, 2.45) is 5.10 Å². The van der Waals surface area contributed by atoms with Crippen LogP contribution in [-0.4, -0.2) is 21.3 Å². The number of halogens is 2. The number of fused-ring (bicyclic) bond motifs is 2. The number of nitrogens with one attached hydrogen (secondary N) is 1. The molecule has 180 valence electrons. The van der Waals surface area contributed by atoms with Crippen molar-refractivity contribution in [1.29, 1.82) is 0 Å². The summed E-state index contributed by atoms with van der Waals surface area (Å²) in [7, 11) is 0. The summed E-state index contributed by atoms with van der Waals surface area (Å²) >= 11 is 12.5. The third-order valence-electron chi connectivity index (χ3n) is 6.19. The Balaban J connectivity index is 1.41. The second-order valence-electron chi connectivity index (χ2n) is 8.50. The van der Waals surface area contributed by atoms with Crippen LogP contribution in [0, 0.1) is 13.8 Å². The molecule has 1 amide bonds. The summed E-state index contributed by atoms with van der Waals surface area (Å²) < 4.78 is 3.85. The predicted molar refractivity (Wildman–Crippen MR) is 147 cm³/mol. The van der Waals surface area contributed by atoms with Gasteiger partial charge in [0.25, 0.3) is 5.91 Å². The minimum absolute atomic E-state index is 0.0120.